The number of aryl methyl sites for hydroxylation is 2. The van der Waals surface area contributed by atoms with Gasteiger partial charge in [-0.25, -0.2) is 0 Å². The van der Waals surface area contributed by atoms with Gasteiger partial charge in [-0.1, -0.05) is 0 Å². The number of benzene rings is 1. The van der Waals surface area contributed by atoms with E-state index in [9.17, 15) is 8.53 Å². The Hall–Kier alpha value is -1.67. The molecule has 5 heteroatoms. The van der Waals surface area contributed by atoms with Crippen molar-refractivity contribution in [1.82, 2.24) is 0 Å². The average molecular weight is 305 g/mol. The van der Waals surface area contributed by atoms with Crippen molar-refractivity contribution in [2.75, 3.05) is 5.32 Å². The Morgan fingerprint density at radius 1 is 1.22 bits per heavy atom. The molecule has 0 atom stereocenters. The third-order valence-electron chi connectivity index (χ3n) is 2.52. The quantitative estimate of drug-likeness (QED) is 0.880. The van der Waals surface area contributed by atoms with Gasteiger partial charge in [0.25, 0.3) is 0 Å². The first-order valence-corrected chi connectivity index (χ1v) is 7.12. The fourth-order valence-electron chi connectivity index (χ4n) is 1.66. The number of carbonyl (C=O) groups is 1. The van der Waals surface area contributed by atoms with Crippen molar-refractivity contribution in [2.45, 2.75) is 13.8 Å². The molecule has 18 heavy (non-hydrogen) atoms. The molecule has 4 nitrogen and oxygen atoms in total. The summed E-state index contributed by atoms with van der Waals surface area (Å²) >= 11 is -1.02. The molecular weight excluding hydrogens is 293 g/mol. The summed E-state index contributed by atoms with van der Waals surface area (Å²) in [5, 5.41) is 2.77. The summed E-state index contributed by atoms with van der Waals surface area (Å²) in [5.74, 6) is 1.11. The molecule has 0 aliphatic rings. The third kappa shape index (κ3) is 2.77. The number of rotatable bonds is 3. The van der Waals surface area contributed by atoms with Crippen molar-refractivity contribution in [1.29, 1.82) is 0 Å². The van der Waals surface area contributed by atoms with Gasteiger partial charge in [-0.3, -0.25) is 0 Å². The molecule has 0 fully saturated rings. The van der Waals surface area contributed by atoms with Crippen LogP contribution in [0.3, 0.4) is 0 Å². The van der Waals surface area contributed by atoms with E-state index in [1.807, 2.05) is 0 Å². The van der Waals surface area contributed by atoms with Gasteiger partial charge in [0.15, 0.2) is 0 Å². The maximum absolute atomic E-state index is 12.0. The van der Waals surface area contributed by atoms with Crippen LogP contribution in [-0.4, -0.2) is 21.6 Å². The van der Waals surface area contributed by atoms with Crippen LogP contribution in [0, 0.1) is 13.8 Å². The molecule has 92 valence electrons. The van der Waals surface area contributed by atoms with Crippen LogP contribution in [0.2, 0.25) is 0 Å². The fraction of sp³-hybridized carbons (Fsp3) is 0.154. The Balaban J connectivity index is 2.15. The molecule has 1 aromatic carbocycles. The molecule has 0 saturated carbocycles. The fourth-order valence-corrected chi connectivity index (χ4v) is 2.23. The molecule has 2 rings (SSSR count). The average Bonchev–Trinajstić information content (AvgIpc) is 2.69. The van der Waals surface area contributed by atoms with Crippen molar-refractivity contribution < 1.29 is 13.0 Å². The molecule has 1 aromatic heterocycles. The third-order valence-corrected chi connectivity index (χ3v) is 3.58. The van der Waals surface area contributed by atoms with Gasteiger partial charge in [-0.15, -0.1) is 0 Å². The van der Waals surface area contributed by atoms with Gasteiger partial charge in [0.05, 0.1) is 0 Å². The first-order chi connectivity index (χ1) is 8.60. The Morgan fingerprint density at radius 2 is 1.89 bits per heavy atom. The molecule has 0 aliphatic heterocycles. The Labute approximate surface area is 111 Å². The van der Waals surface area contributed by atoms with Crippen LogP contribution in [0.4, 0.5) is 5.69 Å². The normalized spacial score (nSPS) is 10.6. The van der Waals surface area contributed by atoms with Crippen molar-refractivity contribution >= 4 is 31.6 Å². The van der Waals surface area contributed by atoms with E-state index < -0.39 is 15.7 Å². The van der Waals surface area contributed by atoms with E-state index in [1.54, 1.807) is 44.2 Å². The zero-order chi connectivity index (χ0) is 13.1. The molecule has 0 unspecified atom stereocenters. The summed E-state index contributed by atoms with van der Waals surface area (Å²) < 4.78 is 16.8. The summed E-state index contributed by atoms with van der Waals surface area (Å²) in [4.78, 5) is 12.0. The number of nitrogens with one attached hydrogen (secondary N) is 1. The number of hydrogen-bond donors (Lipinski definition) is 1. The first kappa shape index (κ1) is 12.8. The molecule has 1 amide bonds. The summed E-state index contributed by atoms with van der Waals surface area (Å²) in [6.45, 7) is 3.56. The standard InChI is InChI=1S/C13H12AsNO3/c1-8-7-12(9(2)18-8)13(16)15-11-5-3-10(14-17)4-6-11/h3-7H,1-2H3,(H,15,16). The van der Waals surface area contributed by atoms with E-state index >= 15 is 0 Å². The number of anilines is 1. The monoisotopic (exact) mass is 305 g/mol. The molecule has 1 heterocycles. The predicted molar refractivity (Wildman–Crippen MR) is 68.7 cm³/mol. The molecule has 0 spiro atoms. The van der Waals surface area contributed by atoms with Gasteiger partial charge in [-0.05, 0) is 0 Å². The molecule has 0 saturated heterocycles. The molecule has 0 radical (unpaired) electrons. The molecule has 0 aliphatic carbocycles. The van der Waals surface area contributed by atoms with Crippen LogP contribution in [0.1, 0.15) is 21.9 Å². The molecule has 1 N–H and O–H groups in total. The van der Waals surface area contributed by atoms with E-state index in [1.165, 1.54) is 0 Å². The van der Waals surface area contributed by atoms with Crippen molar-refractivity contribution in [2.24, 2.45) is 0 Å². The molecule has 0 bridgehead atoms. The van der Waals surface area contributed by atoms with E-state index in [-0.39, 0.29) is 5.91 Å². The second kappa shape index (κ2) is 5.32. The van der Waals surface area contributed by atoms with Gasteiger partial charge in [0, 0.05) is 0 Å². The SMILES string of the molecule is Cc1cc(C(=O)Nc2ccc([As]=O)cc2)c(C)o1. The molecular formula is C13H12AsNO3. The van der Waals surface area contributed by atoms with Crippen molar-refractivity contribution in [3.8, 4) is 0 Å². The summed E-state index contributed by atoms with van der Waals surface area (Å²) in [6.07, 6.45) is 0. The van der Waals surface area contributed by atoms with Crippen LogP contribution >= 0.6 is 0 Å². The van der Waals surface area contributed by atoms with Gasteiger partial charge in [0.1, 0.15) is 0 Å². The van der Waals surface area contributed by atoms with E-state index in [0.29, 0.717) is 22.8 Å². The Kier molecular flexibility index (Phi) is 3.77. The van der Waals surface area contributed by atoms with Gasteiger partial charge in [-0.2, -0.15) is 0 Å². The zero-order valence-electron chi connectivity index (χ0n) is 10.1. The van der Waals surface area contributed by atoms with Crippen molar-refractivity contribution in [3.05, 3.63) is 47.4 Å². The van der Waals surface area contributed by atoms with Crippen LogP contribution in [-0.2, 0) is 3.74 Å². The van der Waals surface area contributed by atoms with Gasteiger partial charge in [0.2, 0.25) is 0 Å². The van der Waals surface area contributed by atoms with Crippen LogP contribution in [0.25, 0.3) is 0 Å². The maximum atomic E-state index is 12.0. The molecule has 2 aromatic rings. The van der Waals surface area contributed by atoms with Crippen LogP contribution in [0.5, 0.6) is 0 Å². The topological polar surface area (TPSA) is 59.3 Å². The number of amides is 1. The summed E-state index contributed by atoms with van der Waals surface area (Å²) in [7, 11) is 0. The van der Waals surface area contributed by atoms with Crippen LogP contribution in [0.15, 0.2) is 34.7 Å². The zero-order valence-corrected chi connectivity index (χ0v) is 11.9. The van der Waals surface area contributed by atoms with Gasteiger partial charge >= 0.3 is 111 Å². The van der Waals surface area contributed by atoms with E-state index in [4.69, 9.17) is 4.42 Å². The minimum atomic E-state index is -1.02. The van der Waals surface area contributed by atoms with Gasteiger partial charge < -0.3 is 0 Å². The first-order valence-electron chi connectivity index (χ1n) is 5.42. The second-order valence-corrected chi connectivity index (χ2v) is 5.39. The predicted octanol–water partition coefficient (Wildman–Crippen LogP) is 1.82. The van der Waals surface area contributed by atoms with E-state index in [0.717, 1.165) is 4.35 Å². The summed E-state index contributed by atoms with van der Waals surface area (Å²) in [6, 6.07) is 8.68. The number of hydrogen-bond acceptors (Lipinski definition) is 3. The number of carbonyl (C=O) groups excluding carboxylic acids is 1. The Bertz CT molecular complexity index is 587. The minimum absolute atomic E-state index is 0.201. The Morgan fingerprint density at radius 3 is 2.39 bits per heavy atom. The van der Waals surface area contributed by atoms with Crippen LogP contribution < -0.4 is 9.67 Å². The second-order valence-electron chi connectivity index (χ2n) is 3.92. The van der Waals surface area contributed by atoms with Crippen molar-refractivity contribution in [3.63, 3.8) is 0 Å². The summed E-state index contributed by atoms with van der Waals surface area (Å²) in [5.41, 5.74) is 1.21. The van der Waals surface area contributed by atoms with E-state index in [2.05, 4.69) is 5.32 Å². The number of furan rings is 1.